The van der Waals surface area contributed by atoms with Crippen LogP contribution in [0.5, 0.6) is 0 Å². The van der Waals surface area contributed by atoms with E-state index in [0.29, 0.717) is 0 Å². The third kappa shape index (κ3) is 3.62. The minimum absolute atomic E-state index is 0.237. The molecule has 1 aliphatic rings. The zero-order valence-electron chi connectivity index (χ0n) is 13.4. The van der Waals surface area contributed by atoms with Gasteiger partial charge in [-0.2, -0.15) is 5.10 Å². The lowest BCUT2D eigenvalue weighted by atomic mass is 10.1. The Morgan fingerprint density at radius 3 is 2.96 bits per heavy atom. The Labute approximate surface area is 139 Å². The molecule has 128 valence electrons. The predicted octanol–water partition coefficient (Wildman–Crippen LogP) is 2.58. The van der Waals surface area contributed by atoms with Crippen LogP contribution in [0, 0.1) is 11.6 Å². The van der Waals surface area contributed by atoms with Crippen LogP contribution >= 0.6 is 0 Å². The Morgan fingerprint density at radius 1 is 1.42 bits per heavy atom. The third-order valence-electron chi connectivity index (χ3n) is 4.26. The summed E-state index contributed by atoms with van der Waals surface area (Å²) in [4.78, 5) is 12.3. The molecule has 1 fully saturated rings. The zero-order valence-corrected chi connectivity index (χ0v) is 13.4. The van der Waals surface area contributed by atoms with E-state index >= 15 is 0 Å². The van der Waals surface area contributed by atoms with Crippen LogP contribution in [0.1, 0.15) is 47.9 Å². The van der Waals surface area contributed by atoms with Crippen molar-refractivity contribution in [1.29, 1.82) is 0 Å². The van der Waals surface area contributed by atoms with Crippen molar-refractivity contribution in [2.45, 2.75) is 31.8 Å². The van der Waals surface area contributed by atoms with E-state index in [-0.39, 0.29) is 23.2 Å². The highest BCUT2D eigenvalue weighted by Crippen LogP contribution is 2.19. The van der Waals surface area contributed by atoms with E-state index < -0.39 is 17.7 Å². The van der Waals surface area contributed by atoms with Crippen LogP contribution in [0.4, 0.5) is 8.78 Å². The molecule has 24 heavy (non-hydrogen) atoms. The molecule has 3 rings (SSSR count). The molecule has 0 aliphatic carbocycles. The van der Waals surface area contributed by atoms with Gasteiger partial charge >= 0.3 is 0 Å². The van der Waals surface area contributed by atoms with Crippen LogP contribution in [0.25, 0.3) is 0 Å². The van der Waals surface area contributed by atoms with Gasteiger partial charge in [0.2, 0.25) is 0 Å². The number of benzene rings is 1. The van der Waals surface area contributed by atoms with Gasteiger partial charge < -0.3 is 10.6 Å². The lowest BCUT2D eigenvalue weighted by molar-refractivity contribution is 0.0933. The van der Waals surface area contributed by atoms with Gasteiger partial charge in [-0.1, -0.05) is 6.07 Å². The molecule has 1 amide bonds. The van der Waals surface area contributed by atoms with Gasteiger partial charge in [0, 0.05) is 24.4 Å². The van der Waals surface area contributed by atoms with Crippen LogP contribution in [-0.2, 0) is 0 Å². The Balaban J connectivity index is 1.67. The Hall–Kier alpha value is -2.28. The van der Waals surface area contributed by atoms with Crippen molar-refractivity contribution < 1.29 is 13.6 Å². The maximum atomic E-state index is 13.8. The highest BCUT2D eigenvalue weighted by atomic mass is 19.1. The van der Waals surface area contributed by atoms with E-state index in [1.807, 2.05) is 0 Å². The molecular weight excluding hydrogens is 314 g/mol. The summed E-state index contributed by atoms with van der Waals surface area (Å²) in [5.41, 5.74) is 0.524. The van der Waals surface area contributed by atoms with Crippen molar-refractivity contribution >= 4 is 5.91 Å². The molecule has 0 bridgehead atoms. The molecule has 7 heteroatoms. The van der Waals surface area contributed by atoms with E-state index in [0.717, 1.165) is 32.0 Å². The summed E-state index contributed by atoms with van der Waals surface area (Å²) in [7, 11) is 0. The first-order valence-electron chi connectivity index (χ1n) is 8.06. The number of nitrogens with zero attached hydrogens (tertiary/aromatic N) is 2. The van der Waals surface area contributed by atoms with Gasteiger partial charge in [0.15, 0.2) is 0 Å². The lowest BCUT2D eigenvalue weighted by Gasteiger charge is -2.22. The SMILES string of the molecule is CC(NC(=O)c1ccn(C2CCCNC2)n1)c1ccc(F)cc1F. The average Bonchev–Trinajstić information content (AvgIpc) is 3.05. The van der Waals surface area contributed by atoms with E-state index in [9.17, 15) is 13.6 Å². The summed E-state index contributed by atoms with van der Waals surface area (Å²) < 4.78 is 28.6. The maximum Gasteiger partial charge on any atom is 0.272 e. The number of hydrogen-bond donors (Lipinski definition) is 2. The van der Waals surface area contributed by atoms with Crippen molar-refractivity contribution in [2.24, 2.45) is 0 Å². The Morgan fingerprint density at radius 2 is 2.25 bits per heavy atom. The van der Waals surface area contributed by atoms with Crippen LogP contribution in [-0.4, -0.2) is 28.8 Å². The van der Waals surface area contributed by atoms with E-state index in [1.54, 1.807) is 23.9 Å². The van der Waals surface area contributed by atoms with Crippen LogP contribution < -0.4 is 10.6 Å². The number of carbonyl (C=O) groups excluding carboxylic acids is 1. The highest BCUT2D eigenvalue weighted by molar-refractivity contribution is 5.92. The smallest absolute Gasteiger partial charge is 0.272 e. The quantitative estimate of drug-likeness (QED) is 0.903. The number of amides is 1. The molecule has 2 heterocycles. The molecule has 5 nitrogen and oxygen atoms in total. The van der Waals surface area contributed by atoms with Crippen LogP contribution in [0.3, 0.4) is 0 Å². The molecule has 0 spiro atoms. The van der Waals surface area contributed by atoms with Gasteiger partial charge in [0.1, 0.15) is 17.3 Å². The first kappa shape index (κ1) is 16.6. The summed E-state index contributed by atoms with van der Waals surface area (Å²) in [6.07, 6.45) is 3.88. The first-order chi connectivity index (χ1) is 11.5. The Bertz CT molecular complexity index is 725. The molecule has 1 aliphatic heterocycles. The molecule has 2 atom stereocenters. The van der Waals surface area contributed by atoms with Crippen molar-refractivity contribution in [1.82, 2.24) is 20.4 Å². The molecule has 1 saturated heterocycles. The third-order valence-corrected chi connectivity index (χ3v) is 4.26. The average molecular weight is 334 g/mol. The molecule has 2 unspecified atom stereocenters. The molecule has 0 radical (unpaired) electrons. The predicted molar refractivity (Wildman–Crippen MR) is 85.6 cm³/mol. The monoisotopic (exact) mass is 334 g/mol. The second-order valence-electron chi connectivity index (χ2n) is 6.04. The Kier molecular flexibility index (Phi) is 4.89. The second kappa shape index (κ2) is 7.09. The number of hydrogen-bond acceptors (Lipinski definition) is 3. The van der Waals surface area contributed by atoms with E-state index in [4.69, 9.17) is 0 Å². The standard InChI is InChI=1S/C17H20F2N4O/c1-11(14-5-4-12(18)9-15(14)19)21-17(24)16-6-8-23(22-16)13-3-2-7-20-10-13/h4-6,8-9,11,13,20H,2-3,7,10H2,1H3,(H,21,24). The minimum Gasteiger partial charge on any atom is -0.344 e. The molecule has 1 aromatic heterocycles. The fourth-order valence-corrected chi connectivity index (χ4v) is 2.92. The van der Waals surface area contributed by atoms with Gasteiger partial charge in [-0.25, -0.2) is 8.78 Å². The van der Waals surface area contributed by atoms with Gasteiger partial charge in [-0.3, -0.25) is 9.48 Å². The molecule has 2 N–H and O–H groups in total. The highest BCUT2D eigenvalue weighted by Gasteiger charge is 2.20. The van der Waals surface area contributed by atoms with Crippen molar-refractivity contribution in [3.8, 4) is 0 Å². The lowest BCUT2D eigenvalue weighted by Crippen LogP contribution is -2.32. The van der Waals surface area contributed by atoms with Gasteiger partial charge in [-0.15, -0.1) is 0 Å². The van der Waals surface area contributed by atoms with Crippen molar-refractivity contribution in [3.63, 3.8) is 0 Å². The largest absolute Gasteiger partial charge is 0.344 e. The second-order valence-corrected chi connectivity index (χ2v) is 6.04. The number of carbonyl (C=O) groups is 1. The minimum atomic E-state index is -0.679. The summed E-state index contributed by atoms with van der Waals surface area (Å²) in [5.74, 6) is -1.70. The van der Waals surface area contributed by atoms with Gasteiger partial charge in [0.25, 0.3) is 5.91 Å². The summed E-state index contributed by atoms with van der Waals surface area (Å²) in [5, 5.41) is 10.3. The number of rotatable bonds is 4. The number of nitrogens with one attached hydrogen (secondary N) is 2. The fraction of sp³-hybridized carbons (Fsp3) is 0.412. The van der Waals surface area contributed by atoms with Crippen LogP contribution in [0.15, 0.2) is 30.5 Å². The summed E-state index contributed by atoms with van der Waals surface area (Å²) in [6, 6.07) is 4.63. The topological polar surface area (TPSA) is 59.0 Å². The molecular formula is C17H20F2N4O. The number of aromatic nitrogens is 2. The van der Waals surface area contributed by atoms with E-state index in [1.165, 1.54) is 12.1 Å². The number of halogens is 2. The molecule has 0 saturated carbocycles. The number of piperidine rings is 1. The van der Waals surface area contributed by atoms with Gasteiger partial charge in [0.05, 0.1) is 12.1 Å². The first-order valence-corrected chi connectivity index (χ1v) is 8.06. The summed E-state index contributed by atoms with van der Waals surface area (Å²) in [6.45, 7) is 3.49. The van der Waals surface area contributed by atoms with Crippen molar-refractivity contribution in [3.05, 3.63) is 53.4 Å². The summed E-state index contributed by atoms with van der Waals surface area (Å²) >= 11 is 0. The maximum absolute atomic E-state index is 13.8. The zero-order chi connectivity index (χ0) is 17.1. The normalized spacial score (nSPS) is 19.0. The van der Waals surface area contributed by atoms with Gasteiger partial charge in [-0.05, 0) is 38.4 Å². The fourth-order valence-electron chi connectivity index (χ4n) is 2.92. The van der Waals surface area contributed by atoms with Crippen LogP contribution in [0.2, 0.25) is 0 Å². The van der Waals surface area contributed by atoms with Crippen molar-refractivity contribution in [2.75, 3.05) is 13.1 Å². The molecule has 1 aromatic carbocycles. The van der Waals surface area contributed by atoms with E-state index in [2.05, 4.69) is 15.7 Å². The molecule has 2 aromatic rings.